The van der Waals surface area contributed by atoms with Crippen molar-refractivity contribution in [3.63, 3.8) is 0 Å². The fraction of sp³-hybridized carbons (Fsp3) is 0.661. The van der Waals surface area contributed by atoms with Crippen LogP contribution in [0.4, 0.5) is 0 Å². The Hall–Kier alpha value is -3.67. The number of rotatable bonds is 44. The molecule has 0 aliphatic heterocycles. The normalized spacial score (nSPS) is 12.9. The molecule has 0 aromatic carbocycles. The van der Waals surface area contributed by atoms with Crippen molar-refractivity contribution in [3.8, 4) is 0 Å². The van der Waals surface area contributed by atoms with Crippen molar-refractivity contribution in [3.05, 3.63) is 97.2 Å². The van der Waals surface area contributed by atoms with Crippen LogP contribution >= 0.6 is 0 Å². The molecule has 352 valence electrons. The molecule has 6 nitrogen and oxygen atoms in total. The van der Waals surface area contributed by atoms with Gasteiger partial charge >= 0.3 is 17.9 Å². The summed E-state index contributed by atoms with van der Waals surface area (Å²) >= 11 is 0. The molecule has 0 saturated heterocycles. The Morgan fingerprint density at radius 1 is 0.339 bits per heavy atom. The number of hydrogen-bond acceptors (Lipinski definition) is 6. The molecule has 62 heavy (non-hydrogen) atoms. The lowest BCUT2D eigenvalue weighted by molar-refractivity contribution is -0.167. The third kappa shape index (κ3) is 47.4. The molecule has 0 rings (SSSR count). The Morgan fingerprint density at radius 2 is 0.629 bits per heavy atom. The van der Waals surface area contributed by atoms with E-state index in [1.54, 1.807) is 0 Å². The number of esters is 3. The van der Waals surface area contributed by atoms with Gasteiger partial charge in [-0.3, -0.25) is 14.4 Å². The molecule has 0 aromatic heterocycles. The van der Waals surface area contributed by atoms with Gasteiger partial charge in [0.25, 0.3) is 0 Å². The van der Waals surface area contributed by atoms with E-state index in [-0.39, 0.29) is 31.1 Å². The minimum absolute atomic E-state index is 0.0971. The Morgan fingerprint density at radius 3 is 1.02 bits per heavy atom. The van der Waals surface area contributed by atoms with Gasteiger partial charge in [-0.25, -0.2) is 0 Å². The highest BCUT2D eigenvalue weighted by atomic mass is 16.6. The van der Waals surface area contributed by atoms with Crippen molar-refractivity contribution in [2.75, 3.05) is 13.2 Å². The first-order chi connectivity index (χ1) is 30.5. The van der Waals surface area contributed by atoms with Gasteiger partial charge in [-0.15, -0.1) is 0 Å². The van der Waals surface area contributed by atoms with Crippen LogP contribution in [0, 0.1) is 0 Å². The van der Waals surface area contributed by atoms with Crippen LogP contribution in [-0.2, 0) is 28.6 Å². The molecule has 1 atom stereocenters. The number of carbonyl (C=O) groups excluding carboxylic acids is 3. The predicted octanol–water partition coefficient (Wildman–Crippen LogP) is 16.6. The van der Waals surface area contributed by atoms with Gasteiger partial charge in [-0.1, -0.05) is 189 Å². The minimum atomic E-state index is -0.798. The second kappa shape index (κ2) is 50.0. The summed E-state index contributed by atoms with van der Waals surface area (Å²) in [6.07, 6.45) is 65.3. The van der Waals surface area contributed by atoms with Gasteiger partial charge < -0.3 is 14.2 Å². The zero-order valence-corrected chi connectivity index (χ0v) is 40.1. The number of unbranched alkanes of at least 4 members (excludes halogenated alkanes) is 17. The Labute approximate surface area is 381 Å². The van der Waals surface area contributed by atoms with Crippen LogP contribution in [0.15, 0.2) is 97.2 Å². The van der Waals surface area contributed by atoms with Crippen molar-refractivity contribution in [1.29, 1.82) is 0 Å². The fourth-order valence-corrected chi connectivity index (χ4v) is 6.54. The molecular weight excluding hydrogens is 769 g/mol. The van der Waals surface area contributed by atoms with Crippen LogP contribution in [-0.4, -0.2) is 37.2 Å². The fourth-order valence-electron chi connectivity index (χ4n) is 6.54. The smallest absolute Gasteiger partial charge is 0.306 e. The summed E-state index contributed by atoms with van der Waals surface area (Å²) < 4.78 is 16.7. The van der Waals surface area contributed by atoms with Gasteiger partial charge in [-0.2, -0.15) is 0 Å². The first kappa shape index (κ1) is 58.3. The topological polar surface area (TPSA) is 78.9 Å². The number of hydrogen-bond donors (Lipinski definition) is 0. The van der Waals surface area contributed by atoms with Crippen LogP contribution in [0.1, 0.15) is 220 Å². The number of allylic oxidation sites excluding steroid dienone is 16. The molecular formula is C56H92O6. The molecule has 0 N–H and O–H groups in total. The summed E-state index contributed by atoms with van der Waals surface area (Å²) in [6, 6.07) is 0. The van der Waals surface area contributed by atoms with Crippen molar-refractivity contribution in [2.45, 2.75) is 226 Å². The Bertz CT molecular complexity index is 1260. The van der Waals surface area contributed by atoms with E-state index < -0.39 is 6.10 Å². The average molecular weight is 861 g/mol. The Balaban J connectivity index is 4.45. The molecule has 0 bridgehead atoms. The summed E-state index contributed by atoms with van der Waals surface area (Å²) in [5.74, 6) is -0.953. The molecule has 0 spiro atoms. The van der Waals surface area contributed by atoms with Crippen molar-refractivity contribution >= 4 is 17.9 Å². The van der Waals surface area contributed by atoms with E-state index >= 15 is 0 Å². The highest BCUT2D eigenvalue weighted by Crippen LogP contribution is 2.13. The maximum absolute atomic E-state index is 12.8. The van der Waals surface area contributed by atoms with E-state index in [4.69, 9.17) is 14.2 Å². The molecule has 0 amide bonds. The first-order valence-corrected chi connectivity index (χ1v) is 25.2. The van der Waals surface area contributed by atoms with E-state index in [9.17, 15) is 14.4 Å². The lowest BCUT2D eigenvalue weighted by atomic mass is 10.1. The third-order valence-corrected chi connectivity index (χ3v) is 10.3. The summed E-state index contributed by atoms with van der Waals surface area (Å²) in [6.45, 7) is 6.32. The molecule has 0 aliphatic carbocycles. The van der Waals surface area contributed by atoms with Crippen LogP contribution < -0.4 is 0 Å². The Kier molecular flexibility index (Phi) is 47.0. The quantitative estimate of drug-likeness (QED) is 0.0263. The largest absolute Gasteiger partial charge is 0.462 e. The standard InChI is InChI=1S/C56H92O6/c1-4-7-10-13-16-19-22-24-26-27-28-29-30-32-34-37-40-43-46-49-55(58)61-52-53(51-60-54(57)48-45-42-39-36-33-21-18-15-12-9-6-3)62-56(59)50-47-44-41-38-35-31-25-23-20-17-14-11-8-5-2/h7-8,10-11,15-20,24,26,28-29,32,34,53H,4-6,9,12-14,21-23,25,27,30-31,33,35-52H2,1-3H3/b10-7-,11-8-,18-15-,19-16-,20-17-,26-24-,29-28-,34-32-. The second-order valence-electron chi connectivity index (χ2n) is 16.3. The van der Waals surface area contributed by atoms with E-state index in [0.29, 0.717) is 19.3 Å². The number of ether oxygens (including phenoxy) is 3. The van der Waals surface area contributed by atoms with E-state index in [1.165, 1.54) is 51.4 Å². The van der Waals surface area contributed by atoms with Crippen LogP contribution in [0.5, 0.6) is 0 Å². The maximum atomic E-state index is 12.8. The van der Waals surface area contributed by atoms with Crippen molar-refractivity contribution in [1.82, 2.24) is 0 Å². The van der Waals surface area contributed by atoms with Crippen molar-refractivity contribution in [2.24, 2.45) is 0 Å². The summed E-state index contributed by atoms with van der Waals surface area (Å²) in [5, 5.41) is 0. The molecule has 0 radical (unpaired) electrons. The monoisotopic (exact) mass is 861 g/mol. The van der Waals surface area contributed by atoms with E-state index in [1.807, 2.05) is 0 Å². The second-order valence-corrected chi connectivity index (χ2v) is 16.3. The lowest BCUT2D eigenvalue weighted by Crippen LogP contribution is -2.30. The molecule has 0 aromatic rings. The SMILES string of the molecule is CC/C=C\C/C=C\C/C=C\C/C=C\C/C=C\CCCCCC(=O)OCC(COC(=O)CCCCCCC/C=C\CCCC)OC(=O)CCCCCCCCC/C=C\C/C=C\CC. The van der Waals surface area contributed by atoms with Gasteiger partial charge in [-0.05, 0) is 109 Å². The summed E-state index contributed by atoms with van der Waals surface area (Å²) in [7, 11) is 0. The zero-order valence-electron chi connectivity index (χ0n) is 40.1. The van der Waals surface area contributed by atoms with Crippen LogP contribution in [0.2, 0.25) is 0 Å². The van der Waals surface area contributed by atoms with Gasteiger partial charge in [0, 0.05) is 19.3 Å². The van der Waals surface area contributed by atoms with Gasteiger partial charge in [0.15, 0.2) is 6.10 Å². The van der Waals surface area contributed by atoms with E-state index in [0.717, 1.165) is 128 Å². The molecule has 1 unspecified atom stereocenters. The molecule has 0 fully saturated rings. The van der Waals surface area contributed by atoms with E-state index in [2.05, 4.69) is 118 Å². The highest BCUT2D eigenvalue weighted by molar-refractivity contribution is 5.71. The molecule has 0 aliphatic rings. The third-order valence-electron chi connectivity index (χ3n) is 10.3. The highest BCUT2D eigenvalue weighted by Gasteiger charge is 2.19. The molecule has 6 heteroatoms. The average Bonchev–Trinajstić information content (AvgIpc) is 3.27. The maximum Gasteiger partial charge on any atom is 0.306 e. The van der Waals surface area contributed by atoms with Gasteiger partial charge in [0.1, 0.15) is 13.2 Å². The lowest BCUT2D eigenvalue weighted by Gasteiger charge is -2.18. The number of carbonyl (C=O) groups is 3. The van der Waals surface area contributed by atoms with Gasteiger partial charge in [0.2, 0.25) is 0 Å². The summed E-state index contributed by atoms with van der Waals surface area (Å²) in [4.78, 5) is 37.9. The summed E-state index contributed by atoms with van der Waals surface area (Å²) in [5.41, 5.74) is 0. The van der Waals surface area contributed by atoms with Crippen LogP contribution in [0.3, 0.4) is 0 Å². The molecule has 0 saturated carbocycles. The zero-order chi connectivity index (χ0) is 45.1. The minimum Gasteiger partial charge on any atom is -0.462 e. The van der Waals surface area contributed by atoms with Crippen molar-refractivity contribution < 1.29 is 28.6 Å². The van der Waals surface area contributed by atoms with Crippen LogP contribution in [0.25, 0.3) is 0 Å². The van der Waals surface area contributed by atoms with Gasteiger partial charge in [0.05, 0.1) is 0 Å². The molecule has 0 heterocycles. The first-order valence-electron chi connectivity index (χ1n) is 25.2. The predicted molar refractivity (Wildman–Crippen MR) is 265 cm³/mol.